The molecule has 2 aromatic rings. The van der Waals surface area contributed by atoms with Crippen LogP contribution in [0.1, 0.15) is 49.3 Å². The summed E-state index contributed by atoms with van der Waals surface area (Å²) in [6.45, 7) is -0.191. The Morgan fingerprint density at radius 2 is 1.72 bits per heavy atom. The second kappa shape index (κ2) is 12.4. The molecule has 2 aromatic carbocycles. The largest absolute Gasteiger partial charge is 0.394 e. The molecule has 2 amide bonds. The molecule has 1 aliphatic rings. The van der Waals surface area contributed by atoms with E-state index in [4.69, 9.17) is 4.74 Å². The van der Waals surface area contributed by atoms with Gasteiger partial charge in [0.25, 0.3) is 5.91 Å². The smallest absolute Gasteiger partial charge is 0.252 e. The highest BCUT2D eigenvalue weighted by atomic mass is 32.2. The van der Waals surface area contributed by atoms with E-state index in [2.05, 4.69) is 10.6 Å². The van der Waals surface area contributed by atoms with Gasteiger partial charge in [-0.15, -0.1) is 0 Å². The lowest BCUT2D eigenvalue weighted by atomic mass is 9.82. The molecule has 10 heteroatoms. The monoisotopic (exact) mass is 518 g/mol. The predicted octanol–water partition coefficient (Wildman–Crippen LogP) is 1.63. The van der Waals surface area contributed by atoms with Gasteiger partial charge in [0.15, 0.2) is 15.9 Å². The normalized spacial score (nSPS) is 18.0. The minimum absolute atomic E-state index is 0.0550. The standard InChI is InChI=1S/C26H34N2O7S/c1-36(33,34)21-12-10-20(11-13-21)22(27-18-30)24(35-16-19-8-4-2-5-9-19)23(31)25(32)28-26(17-29)14-6-3-7-15-26/h2,4-5,8-13,18,22-24,29,31H,3,6-7,14-17H2,1H3,(H,27,30)(H,28,32)/t22?,23-,24+/m0/s1. The van der Waals surface area contributed by atoms with Crippen LogP contribution >= 0.6 is 0 Å². The highest BCUT2D eigenvalue weighted by molar-refractivity contribution is 7.90. The summed E-state index contributed by atoms with van der Waals surface area (Å²) < 4.78 is 29.8. The average Bonchev–Trinajstić information content (AvgIpc) is 2.88. The van der Waals surface area contributed by atoms with E-state index in [0.29, 0.717) is 24.8 Å². The number of carbonyl (C=O) groups is 2. The molecule has 1 saturated carbocycles. The molecule has 196 valence electrons. The number of hydrogen-bond donors (Lipinski definition) is 4. The van der Waals surface area contributed by atoms with Gasteiger partial charge in [-0.2, -0.15) is 0 Å². The van der Waals surface area contributed by atoms with Crippen molar-refractivity contribution in [2.45, 2.75) is 67.4 Å². The summed E-state index contributed by atoms with van der Waals surface area (Å²) in [6, 6.07) is 14.0. The molecule has 1 fully saturated rings. The Hall–Kier alpha value is -2.79. The summed E-state index contributed by atoms with van der Waals surface area (Å²) in [7, 11) is -3.44. The van der Waals surface area contributed by atoms with Crippen LogP contribution < -0.4 is 10.6 Å². The van der Waals surface area contributed by atoms with Gasteiger partial charge in [0.1, 0.15) is 6.10 Å². The van der Waals surface area contributed by atoms with Crippen LogP contribution in [-0.2, 0) is 30.8 Å². The molecule has 3 atom stereocenters. The van der Waals surface area contributed by atoms with Gasteiger partial charge in [0.05, 0.1) is 29.7 Å². The summed E-state index contributed by atoms with van der Waals surface area (Å²) in [5.74, 6) is -0.713. The molecule has 9 nitrogen and oxygen atoms in total. The molecule has 0 bridgehead atoms. The third-order valence-corrected chi connectivity index (χ3v) is 7.74. The zero-order valence-electron chi connectivity index (χ0n) is 20.3. The van der Waals surface area contributed by atoms with E-state index in [9.17, 15) is 28.2 Å². The minimum atomic E-state index is -3.44. The zero-order chi connectivity index (χ0) is 26.2. The van der Waals surface area contributed by atoms with Crippen LogP contribution in [0, 0.1) is 0 Å². The molecule has 0 saturated heterocycles. The van der Waals surface area contributed by atoms with Crippen molar-refractivity contribution in [3.8, 4) is 0 Å². The number of carbonyl (C=O) groups excluding carboxylic acids is 2. The van der Waals surface area contributed by atoms with Gasteiger partial charge in [-0.1, -0.05) is 61.7 Å². The zero-order valence-corrected chi connectivity index (χ0v) is 21.1. The Morgan fingerprint density at radius 1 is 1.08 bits per heavy atom. The van der Waals surface area contributed by atoms with E-state index in [-0.39, 0.29) is 18.1 Å². The topological polar surface area (TPSA) is 142 Å². The van der Waals surface area contributed by atoms with Crippen molar-refractivity contribution >= 4 is 22.2 Å². The number of ether oxygens (including phenoxy) is 1. The van der Waals surface area contributed by atoms with Crippen molar-refractivity contribution < 1.29 is 33.0 Å². The molecular weight excluding hydrogens is 484 g/mol. The molecule has 0 radical (unpaired) electrons. The number of sulfone groups is 1. The van der Waals surface area contributed by atoms with Crippen molar-refractivity contribution in [1.82, 2.24) is 10.6 Å². The van der Waals surface area contributed by atoms with E-state index in [1.165, 1.54) is 24.3 Å². The third-order valence-electron chi connectivity index (χ3n) is 6.61. The molecule has 1 aliphatic carbocycles. The van der Waals surface area contributed by atoms with Crippen LogP contribution in [-0.4, -0.2) is 61.6 Å². The van der Waals surface area contributed by atoms with E-state index < -0.39 is 39.5 Å². The van der Waals surface area contributed by atoms with E-state index in [1.54, 1.807) is 0 Å². The fourth-order valence-electron chi connectivity index (χ4n) is 4.55. The third kappa shape index (κ3) is 7.13. The Morgan fingerprint density at radius 3 is 2.28 bits per heavy atom. The lowest BCUT2D eigenvalue weighted by Gasteiger charge is -2.38. The second-order valence-electron chi connectivity index (χ2n) is 9.30. The van der Waals surface area contributed by atoms with Crippen LogP contribution in [0.3, 0.4) is 0 Å². The van der Waals surface area contributed by atoms with E-state index in [1.807, 2.05) is 30.3 Å². The molecule has 3 rings (SSSR count). The molecule has 36 heavy (non-hydrogen) atoms. The fourth-order valence-corrected chi connectivity index (χ4v) is 5.18. The first-order chi connectivity index (χ1) is 17.2. The molecule has 1 unspecified atom stereocenters. The minimum Gasteiger partial charge on any atom is -0.394 e. The number of benzene rings is 2. The maximum Gasteiger partial charge on any atom is 0.252 e. The quantitative estimate of drug-likeness (QED) is 0.313. The van der Waals surface area contributed by atoms with Crippen molar-refractivity contribution in [3.63, 3.8) is 0 Å². The molecule has 0 aliphatic heterocycles. The number of aliphatic hydroxyl groups excluding tert-OH is 2. The summed E-state index contributed by atoms with van der Waals surface area (Å²) in [4.78, 5) is 24.8. The summed E-state index contributed by atoms with van der Waals surface area (Å²) in [5.41, 5.74) is 0.436. The summed E-state index contributed by atoms with van der Waals surface area (Å²) in [6.07, 6.45) is 2.54. The lowest BCUT2D eigenvalue weighted by Crippen LogP contribution is -2.58. The number of hydrogen-bond acceptors (Lipinski definition) is 7. The van der Waals surface area contributed by atoms with E-state index in [0.717, 1.165) is 31.1 Å². The van der Waals surface area contributed by atoms with Crippen LogP contribution in [0.15, 0.2) is 59.5 Å². The average molecular weight is 519 g/mol. The summed E-state index contributed by atoms with van der Waals surface area (Å²) >= 11 is 0. The van der Waals surface area contributed by atoms with Crippen LogP contribution in [0.5, 0.6) is 0 Å². The first-order valence-electron chi connectivity index (χ1n) is 12.0. The number of nitrogens with one attached hydrogen (secondary N) is 2. The van der Waals surface area contributed by atoms with Gasteiger partial charge < -0.3 is 25.6 Å². The Kier molecular flexibility index (Phi) is 9.61. The predicted molar refractivity (Wildman–Crippen MR) is 134 cm³/mol. The van der Waals surface area contributed by atoms with Crippen molar-refractivity contribution in [2.75, 3.05) is 12.9 Å². The van der Waals surface area contributed by atoms with Gasteiger partial charge in [-0.05, 0) is 36.1 Å². The highest BCUT2D eigenvalue weighted by Gasteiger charge is 2.40. The number of amides is 2. The van der Waals surface area contributed by atoms with Gasteiger partial charge in [-0.3, -0.25) is 9.59 Å². The van der Waals surface area contributed by atoms with Gasteiger partial charge in [0, 0.05) is 6.26 Å². The Bertz CT molecular complexity index is 1100. The first-order valence-corrected chi connectivity index (χ1v) is 13.8. The SMILES string of the molecule is CS(=O)(=O)c1ccc(C(NC=O)[C@@H](OCc2ccccc2)[C@H](O)C(=O)NC2(CO)CCCCC2)cc1. The van der Waals surface area contributed by atoms with Crippen LogP contribution in [0.4, 0.5) is 0 Å². The molecule has 4 N–H and O–H groups in total. The summed E-state index contributed by atoms with van der Waals surface area (Å²) in [5, 5.41) is 26.6. The maximum absolute atomic E-state index is 13.2. The van der Waals surface area contributed by atoms with Gasteiger partial charge in [0.2, 0.25) is 6.41 Å². The van der Waals surface area contributed by atoms with E-state index >= 15 is 0 Å². The fraction of sp³-hybridized carbons (Fsp3) is 0.462. The van der Waals surface area contributed by atoms with Gasteiger partial charge >= 0.3 is 0 Å². The van der Waals surface area contributed by atoms with Gasteiger partial charge in [-0.25, -0.2) is 8.42 Å². The second-order valence-corrected chi connectivity index (χ2v) is 11.3. The van der Waals surface area contributed by atoms with Crippen LogP contribution in [0.25, 0.3) is 0 Å². The molecule has 0 spiro atoms. The number of aliphatic hydroxyl groups is 2. The van der Waals surface area contributed by atoms with Crippen LogP contribution in [0.2, 0.25) is 0 Å². The lowest BCUT2D eigenvalue weighted by molar-refractivity contribution is -0.145. The number of rotatable bonds is 12. The highest BCUT2D eigenvalue weighted by Crippen LogP contribution is 2.29. The molecule has 0 heterocycles. The maximum atomic E-state index is 13.2. The Balaban J connectivity index is 1.90. The first kappa shape index (κ1) is 27.8. The van der Waals surface area contributed by atoms with Crippen molar-refractivity contribution in [1.29, 1.82) is 0 Å². The molecule has 0 aromatic heterocycles. The van der Waals surface area contributed by atoms with Crippen molar-refractivity contribution in [3.05, 3.63) is 65.7 Å². The van der Waals surface area contributed by atoms with Crippen molar-refractivity contribution in [2.24, 2.45) is 0 Å². The molecular formula is C26H34N2O7S. The Labute approximate surface area is 211 Å².